The molecule has 4 rings (SSSR count). The standard InChI is InChI=1S/C18H11BrF2N4O2/c19-9-1-3-15(13(21)5-9)23-16(26)8-25-18(27)12-7-22-14-4-2-10(20)6-11(14)17(12)24-25/h1-7,24H,8H2,(H,23,26). The van der Waals surface area contributed by atoms with E-state index in [1.807, 2.05) is 0 Å². The van der Waals surface area contributed by atoms with Gasteiger partial charge in [0.1, 0.15) is 18.2 Å². The van der Waals surface area contributed by atoms with Gasteiger partial charge in [-0.1, -0.05) is 15.9 Å². The Morgan fingerprint density at radius 2 is 2.00 bits per heavy atom. The van der Waals surface area contributed by atoms with Gasteiger partial charge in [0.05, 0.1) is 22.1 Å². The molecule has 2 N–H and O–H groups in total. The Morgan fingerprint density at radius 3 is 2.78 bits per heavy atom. The van der Waals surface area contributed by atoms with Crippen LogP contribution in [0.25, 0.3) is 21.8 Å². The van der Waals surface area contributed by atoms with Gasteiger partial charge in [0.15, 0.2) is 0 Å². The second-order valence-electron chi connectivity index (χ2n) is 5.88. The lowest BCUT2D eigenvalue weighted by Gasteiger charge is -2.07. The summed E-state index contributed by atoms with van der Waals surface area (Å²) in [5, 5.41) is 5.89. The third kappa shape index (κ3) is 3.21. The van der Waals surface area contributed by atoms with E-state index in [1.54, 1.807) is 6.07 Å². The lowest BCUT2D eigenvalue weighted by Crippen LogP contribution is -2.26. The van der Waals surface area contributed by atoms with Crippen LogP contribution in [0.3, 0.4) is 0 Å². The summed E-state index contributed by atoms with van der Waals surface area (Å²) in [5.41, 5.74) is 0.419. The maximum absolute atomic E-state index is 13.8. The van der Waals surface area contributed by atoms with Gasteiger partial charge in [0.25, 0.3) is 5.56 Å². The van der Waals surface area contributed by atoms with Crippen molar-refractivity contribution >= 4 is 49.3 Å². The molecule has 27 heavy (non-hydrogen) atoms. The van der Waals surface area contributed by atoms with E-state index in [2.05, 4.69) is 31.3 Å². The molecule has 0 spiro atoms. The molecule has 0 unspecified atom stereocenters. The molecule has 2 heterocycles. The molecule has 1 amide bonds. The number of nitrogens with one attached hydrogen (secondary N) is 2. The number of benzene rings is 2. The third-order valence-electron chi connectivity index (χ3n) is 4.06. The Labute approximate surface area is 158 Å². The SMILES string of the molecule is O=C(Cn1[nH]c2c(cnc3ccc(F)cc32)c1=O)Nc1ccc(Br)cc1F. The maximum Gasteiger partial charge on any atom is 0.276 e. The maximum atomic E-state index is 13.8. The van der Waals surface area contributed by atoms with Crippen molar-refractivity contribution in [3.05, 3.63) is 69.1 Å². The van der Waals surface area contributed by atoms with Crippen LogP contribution in [-0.4, -0.2) is 20.7 Å². The van der Waals surface area contributed by atoms with Crippen molar-refractivity contribution in [3.8, 4) is 0 Å². The Morgan fingerprint density at radius 1 is 1.19 bits per heavy atom. The summed E-state index contributed by atoms with van der Waals surface area (Å²) < 4.78 is 29.0. The highest BCUT2D eigenvalue weighted by atomic mass is 79.9. The minimum absolute atomic E-state index is 0.00143. The largest absolute Gasteiger partial charge is 0.322 e. The van der Waals surface area contributed by atoms with Crippen molar-refractivity contribution in [3.63, 3.8) is 0 Å². The number of aromatic nitrogens is 3. The van der Waals surface area contributed by atoms with Gasteiger partial charge in [-0.3, -0.25) is 19.7 Å². The van der Waals surface area contributed by atoms with Crippen molar-refractivity contribution in [2.24, 2.45) is 0 Å². The molecule has 0 saturated carbocycles. The third-order valence-corrected chi connectivity index (χ3v) is 4.55. The normalized spacial score (nSPS) is 11.2. The van der Waals surface area contributed by atoms with Crippen molar-refractivity contribution in [2.75, 3.05) is 5.32 Å². The van der Waals surface area contributed by atoms with Gasteiger partial charge in [-0.2, -0.15) is 0 Å². The van der Waals surface area contributed by atoms with Crippen LogP contribution in [0.15, 0.2) is 51.9 Å². The van der Waals surface area contributed by atoms with Gasteiger partial charge in [0, 0.05) is 16.1 Å². The minimum Gasteiger partial charge on any atom is -0.322 e. The fraction of sp³-hybridized carbons (Fsp3) is 0.0556. The Kier molecular flexibility index (Phi) is 4.23. The number of pyridine rings is 1. The predicted octanol–water partition coefficient (Wildman–Crippen LogP) is 3.56. The molecule has 0 fully saturated rings. The number of rotatable bonds is 3. The van der Waals surface area contributed by atoms with E-state index < -0.39 is 23.1 Å². The number of H-pyrrole nitrogens is 1. The van der Waals surface area contributed by atoms with Crippen molar-refractivity contribution in [1.82, 2.24) is 14.8 Å². The molecule has 4 aromatic rings. The summed E-state index contributed by atoms with van der Waals surface area (Å²) in [7, 11) is 0. The molecule has 2 aromatic carbocycles. The van der Waals surface area contributed by atoms with E-state index in [0.29, 0.717) is 20.9 Å². The van der Waals surface area contributed by atoms with E-state index in [-0.39, 0.29) is 17.6 Å². The van der Waals surface area contributed by atoms with Crippen molar-refractivity contribution < 1.29 is 13.6 Å². The second kappa shape index (κ2) is 6.58. The first-order valence-electron chi connectivity index (χ1n) is 7.84. The highest BCUT2D eigenvalue weighted by Gasteiger charge is 2.14. The second-order valence-corrected chi connectivity index (χ2v) is 6.80. The molecule has 0 saturated heterocycles. The van der Waals surface area contributed by atoms with E-state index in [0.717, 1.165) is 4.68 Å². The highest BCUT2D eigenvalue weighted by molar-refractivity contribution is 9.10. The molecule has 0 bridgehead atoms. The highest BCUT2D eigenvalue weighted by Crippen LogP contribution is 2.21. The van der Waals surface area contributed by atoms with E-state index in [9.17, 15) is 18.4 Å². The number of carbonyl (C=O) groups excluding carboxylic acids is 1. The Balaban J connectivity index is 1.68. The smallest absolute Gasteiger partial charge is 0.276 e. The number of hydrogen-bond donors (Lipinski definition) is 2. The lowest BCUT2D eigenvalue weighted by molar-refractivity contribution is -0.117. The lowest BCUT2D eigenvalue weighted by atomic mass is 10.2. The zero-order chi connectivity index (χ0) is 19.1. The molecule has 2 aromatic heterocycles. The molecule has 0 radical (unpaired) electrons. The number of nitrogens with zero attached hydrogens (tertiary/aromatic N) is 2. The average molecular weight is 433 g/mol. The van der Waals surface area contributed by atoms with Gasteiger partial charge >= 0.3 is 0 Å². The summed E-state index contributed by atoms with van der Waals surface area (Å²) >= 11 is 3.13. The monoisotopic (exact) mass is 432 g/mol. The molecule has 6 nitrogen and oxygen atoms in total. The molecule has 0 aliphatic rings. The van der Waals surface area contributed by atoms with Gasteiger partial charge in [0.2, 0.25) is 5.91 Å². The zero-order valence-corrected chi connectivity index (χ0v) is 15.2. The summed E-state index contributed by atoms with van der Waals surface area (Å²) in [4.78, 5) is 28.9. The Bertz CT molecular complexity index is 1270. The van der Waals surface area contributed by atoms with Gasteiger partial charge in [-0.15, -0.1) is 0 Å². The number of carbonyl (C=O) groups is 1. The van der Waals surface area contributed by atoms with E-state index in [1.165, 1.54) is 36.5 Å². The van der Waals surface area contributed by atoms with Crippen LogP contribution in [0.1, 0.15) is 0 Å². The summed E-state index contributed by atoms with van der Waals surface area (Å²) in [5.74, 6) is -1.66. The first kappa shape index (κ1) is 17.3. The first-order valence-corrected chi connectivity index (χ1v) is 8.63. The number of anilines is 1. The average Bonchev–Trinajstić information content (AvgIpc) is 2.94. The van der Waals surface area contributed by atoms with Crippen LogP contribution in [0.5, 0.6) is 0 Å². The Hall–Kier alpha value is -3.07. The quantitative estimate of drug-likeness (QED) is 0.519. The molecule has 0 aliphatic carbocycles. The van der Waals surface area contributed by atoms with Crippen LogP contribution < -0.4 is 10.9 Å². The first-order chi connectivity index (χ1) is 12.9. The van der Waals surface area contributed by atoms with Crippen molar-refractivity contribution in [1.29, 1.82) is 0 Å². The van der Waals surface area contributed by atoms with E-state index >= 15 is 0 Å². The molecule has 0 aliphatic heterocycles. The number of amides is 1. The van der Waals surface area contributed by atoms with Crippen LogP contribution >= 0.6 is 15.9 Å². The summed E-state index contributed by atoms with van der Waals surface area (Å²) in [6.07, 6.45) is 1.37. The fourth-order valence-corrected chi connectivity index (χ4v) is 3.15. The minimum atomic E-state index is -0.604. The van der Waals surface area contributed by atoms with Crippen molar-refractivity contribution in [2.45, 2.75) is 6.54 Å². The molecular formula is C18H11BrF2N4O2. The topological polar surface area (TPSA) is 79.8 Å². The molecule has 0 atom stereocenters. The predicted molar refractivity (Wildman–Crippen MR) is 101 cm³/mol. The molecule has 136 valence electrons. The van der Waals surface area contributed by atoms with Crippen LogP contribution in [-0.2, 0) is 11.3 Å². The van der Waals surface area contributed by atoms with Gasteiger partial charge in [-0.25, -0.2) is 13.5 Å². The summed E-state index contributed by atoms with van der Waals surface area (Å²) in [6.45, 7) is -0.361. The molecule has 9 heteroatoms. The number of aromatic amines is 1. The molecular weight excluding hydrogens is 422 g/mol. The van der Waals surface area contributed by atoms with Gasteiger partial charge < -0.3 is 5.32 Å². The van der Waals surface area contributed by atoms with E-state index in [4.69, 9.17) is 0 Å². The van der Waals surface area contributed by atoms with Gasteiger partial charge in [-0.05, 0) is 36.4 Å². The number of fused-ring (bicyclic) bond motifs is 3. The number of halogens is 3. The van der Waals surface area contributed by atoms with Crippen LogP contribution in [0.2, 0.25) is 0 Å². The van der Waals surface area contributed by atoms with Crippen LogP contribution in [0, 0.1) is 11.6 Å². The summed E-state index contributed by atoms with van der Waals surface area (Å²) in [6, 6.07) is 8.25. The van der Waals surface area contributed by atoms with Crippen LogP contribution in [0.4, 0.5) is 14.5 Å². The fourth-order valence-electron chi connectivity index (χ4n) is 2.81. The number of hydrogen-bond acceptors (Lipinski definition) is 3. The zero-order valence-electron chi connectivity index (χ0n) is 13.6.